The van der Waals surface area contributed by atoms with Crippen molar-refractivity contribution < 1.29 is 4.39 Å². The molecule has 0 aliphatic heterocycles. The molecule has 106 valence electrons. The van der Waals surface area contributed by atoms with E-state index in [-0.39, 0.29) is 11.9 Å². The molecule has 1 atom stereocenters. The molecular formula is C16H17ClFNS. The summed E-state index contributed by atoms with van der Waals surface area (Å²) in [5, 5.41) is 3.98. The Morgan fingerprint density at radius 3 is 2.65 bits per heavy atom. The first-order chi connectivity index (χ1) is 9.61. The Hall–Kier alpha value is -1.03. The highest BCUT2D eigenvalue weighted by Gasteiger charge is 2.12. The first-order valence-electron chi connectivity index (χ1n) is 6.42. The fourth-order valence-electron chi connectivity index (χ4n) is 1.91. The third-order valence-corrected chi connectivity index (χ3v) is 4.80. The van der Waals surface area contributed by atoms with Crippen LogP contribution in [0.15, 0.2) is 47.4 Å². The minimum Gasteiger partial charge on any atom is -0.312 e. The van der Waals surface area contributed by atoms with Crippen molar-refractivity contribution >= 4 is 23.4 Å². The summed E-state index contributed by atoms with van der Waals surface area (Å²) in [4.78, 5) is 1.04. The molecule has 1 N–H and O–H groups in total. The summed E-state index contributed by atoms with van der Waals surface area (Å²) in [5.74, 6) is 0.633. The molecular weight excluding hydrogens is 293 g/mol. The molecule has 0 aliphatic rings. The van der Waals surface area contributed by atoms with Gasteiger partial charge in [0.05, 0.1) is 5.02 Å². The van der Waals surface area contributed by atoms with Crippen molar-refractivity contribution in [1.29, 1.82) is 0 Å². The van der Waals surface area contributed by atoms with Gasteiger partial charge in [0.2, 0.25) is 0 Å². The predicted octanol–water partition coefficient (Wildman–Crippen LogP) is 4.84. The molecule has 2 rings (SSSR count). The minimum atomic E-state index is -0.162. The van der Waals surface area contributed by atoms with Crippen molar-refractivity contribution in [1.82, 2.24) is 5.32 Å². The quantitative estimate of drug-likeness (QED) is 0.793. The molecule has 0 heterocycles. The summed E-state index contributed by atoms with van der Waals surface area (Å²) in [6, 6.07) is 13.2. The van der Waals surface area contributed by atoms with Gasteiger partial charge in [0.1, 0.15) is 5.82 Å². The van der Waals surface area contributed by atoms with Crippen molar-refractivity contribution in [3.05, 3.63) is 64.4 Å². The molecule has 0 aromatic heterocycles. The summed E-state index contributed by atoms with van der Waals surface area (Å²) >= 11 is 7.81. The monoisotopic (exact) mass is 309 g/mol. The maximum absolute atomic E-state index is 13.6. The Morgan fingerprint density at radius 1 is 1.25 bits per heavy atom. The first-order valence-corrected chi connectivity index (χ1v) is 7.79. The molecule has 2 aromatic rings. The third-order valence-electron chi connectivity index (χ3n) is 3.19. The number of halogens is 2. The van der Waals surface area contributed by atoms with E-state index in [1.165, 1.54) is 0 Å². The number of hydrogen-bond acceptors (Lipinski definition) is 2. The van der Waals surface area contributed by atoms with Gasteiger partial charge in [-0.2, -0.15) is 0 Å². The SMILES string of the molecule is CNC(CSc1ccccc1Cl)c1ccc(C)c(F)c1. The highest BCUT2D eigenvalue weighted by Crippen LogP contribution is 2.30. The molecule has 0 amide bonds. The largest absolute Gasteiger partial charge is 0.312 e. The summed E-state index contributed by atoms with van der Waals surface area (Å²) in [5.41, 5.74) is 1.62. The van der Waals surface area contributed by atoms with E-state index in [0.29, 0.717) is 5.56 Å². The molecule has 2 aromatic carbocycles. The van der Waals surface area contributed by atoms with Crippen LogP contribution in [-0.2, 0) is 0 Å². The number of benzene rings is 2. The predicted molar refractivity (Wildman–Crippen MR) is 85.1 cm³/mol. The summed E-state index contributed by atoms with van der Waals surface area (Å²) < 4.78 is 13.6. The fraction of sp³-hybridized carbons (Fsp3) is 0.250. The van der Waals surface area contributed by atoms with E-state index in [2.05, 4.69) is 5.32 Å². The van der Waals surface area contributed by atoms with Crippen LogP contribution in [0, 0.1) is 12.7 Å². The van der Waals surface area contributed by atoms with Gasteiger partial charge >= 0.3 is 0 Å². The first kappa shape index (κ1) is 15.4. The molecule has 0 aliphatic carbocycles. The molecule has 0 fully saturated rings. The number of nitrogens with one attached hydrogen (secondary N) is 1. The lowest BCUT2D eigenvalue weighted by Crippen LogP contribution is -2.19. The van der Waals surface area contributed by atoms with Gasteiger partial charge in [-0.15, -0.1) is 11.8 Å². The Kier molecular flexibility index (Phi) is 5.46. The van der Waals surface area contributed by atoms with Crippen molar-refractivity contribution in [2.24, 2.45) is 0 Å². The number of rotatable bonds is 5. The average Bonchev–Trinajstić information content (AvgIpc) is 2.45. The van der Waals surface area contributed by atoms with Gasteiger partial charge < -0.3 is 5.32 Å². The normalized spacial score (nSPS) is 12.4. The lowest BCUT2D eigenvalue weighted by atomic mass is 10.1. The molecule has 4 heteroatoms. The van der Waals surface area contributed by atoms with E-state index < -0.39 is 0 Å². The average molecular weight is 310 g/mol. The number of aryl methyl sites for hydroxylation is 1. The van der Waals surface area contributed by atoms with Crippen LogP contribution in [0.25, 0.3) is 0 Å². The standard InChI is InChI=1S/C16H17ClFNS/c1-11-7-8-12(9-14(11)18)15(19-2)10-20-16-6-4-3-5-13(16)17/h3-9,15,19H,10H2,1-2H3. The van der Waals surface area contributed by atoms with Gasteiger partial charge in [-0.05, 0) is 43.3 Å². The van der Waals surface area contributed by atoms with Crippen LogP contribution in [-0.4, -0.2) is 12.8 Å². The summed E-state index contributed by atoms with van der Waals surface area (Å²) in [7, 11) is 1.88. The van der Waals surface area contributed by atoms with Crippen LogP contribution in [0.4, 0.5) is 4.39 Å². The summed E-state index contributed by atoms with van der Waals surface area (Å²) in [6.45, 7) is 1.77. The van der Waals surface area contributed by atoms with Crippen LogP contribution >= 0.6 is 23.4 Å². The van der Waals surface area contributed by atoms with Crippen LogP contribution < -0.4 is 5.32 Å². The molecule has 20 heavy (non-hydrogen) atoms. The van der Waals surface area contributed by atoms with E-state index >= 15 is 0 Å². The zero-order valence-corrected chi connectivity index (χ0v) is 13.1. The van der Waals surface area contributed by atoms with Crippen molar-refractivity contribution in [3.8, 4) is 0 Å². The minimum absolute atomic E-state index is 0.0892. The van der Waals surface area contributed by atoms with E-state index in [1.807, 2.05) is 43.4 Å². The van der Waals surface area contributed by atoms with Crippen molar-refractivity contribution in [2.75, 3.05) is 12.8 Å². The highest BCUT2D eigenvalue weighted by molar-refractivity contribution is 7.99. The molecule has 1 unspecified atom stereocenters. The van der Waals surface area contributed by atoms with Gasteiger partial charge in [-0.25, -0.2) is 4.39 Å². The zero-order chi connectivity index (χ0) is 14.5. The smallest absolute Gasteiger partial charge is 0.126 e. The van der Waals surface area contributed by atoms with Crippen LogP contribution in [0.5, 0.6) is 0 Å². The molecule has 0 saturated carbocycles. The van der Waals surface area contributed by atoms with Gasteiger partial charge in [-0.3, -0.25) is 0 Å². The highest BCUT2D eigenvalue weighted by atomic mass is 35.5. The van der Waals surface area contributed by atoms with Gasteiger partial charge in [-0.1, -0.05) is 35.9 Å². The molecule has 0 bridgehead atoms. The van der Waals surface area contributed by atoms with Gasteiger partial charge in [0, 0.05) is 16.7 Å². The Balaban J connectivity index is 2.09. The van der Waals surface area contributed by atoms with Gasteiger partial charge in [0.15, 0.2) is 0 Å². The Bertz CT molecular complexity index is 588. The van der Waals surface area contributed by atoms with Crippen LogP contribution in [0.3, 0.4) is 0 Å². The Morgan fingerprint density at radius 2 is 2.00 bits per heavy atom. The second-order valence-electron chi connectivity index (χ2n) is 4.59. The molecule has 1 nitrogen and oxygen atoms in total. The Labute approximate surface area is 128 Å². The summed E-state index contributed by atoms with van der Waals surface area (Å²) in [6.07, 6.45) is 0. The second-order valence-corrected chi connectivity index (χ2v) is 6.06. The van der Waals surface area contributed by atoms with E-state index in [0.717, 1.165) is 21.2 Å². The molecule has 0 radical (unpaired) electrons. The third kappa shape index (κ3) is 3.75. The maximum Gasteiger partial charge on any atom is 0.126 e. The second kappa shape index (κ2) is 7.11. The molecule has 0 spiro atoms. The lowest BCUT2D eigenvalue weighted by molar-refractivity contribution is 0.603. The topological polar surface area (TPSA) is 12.0 Å². The fourth-order valence-corrected chi connectivity index (χ4v) is 3.29. The zero-order valence-electron chi connectivity index (χ0n) is 11.5. The van der Waals surface area contributed by atoms with E-state index in [9.17, 15) is 4.39 Å². The van der Waals surface area contributed by atoms with Crippen LogP contribution in [0.2, 0.25) is 5.02 Å². The number of thioether (sulfide) groups is 1. The lowest BCUT2D eigenvalue weighted by Gasteiger charge is -2.17. The van der Waals surface area contributed by atoms with E-state index in [1.54, 1.807) is 24.8 Å². The van der Waals surface area contributed by atoms with Crippen molar-refractivity contribution in [3.63, 3.8) is 0 Å². The number of hydrogen-bond donors (Lipinski definition) is 1. The maximum atomic E-state index is 13.6. The van der Waals surface area contributed by atoms with E-state index in [4.69, 9.17) is 11.6 Å². The van der Waals surface area contributed by atoms with Crippen molar-refractivity contribution in [2.45, 2.75) is 17.9 Å². The molecule has 0 saturated heterocycles. The van der Waals surface area contributed by atoms with Gasteiger partial charge in [0.25, 0.3) is 0 Å². The van der Waals surface area contributed by atoms with Crippen LogP contribution in [0.1, 0.15) is 17.2 Å².